The number of nitrogens with one attached hydrogen (secondary N) is 1. The fourth-order valence-corrected chi connectivity index (χ4v) is 4.35. The van der Waals surface area contributed by atoms with Crippen LogP contribution in [-0.2, 0) is 9.53 Å². The lowest BCUT2D eigenvalue weighted by Crippen LogP contribution is -2.49. The van der Waals surface area contributed by atoms with Gasteiger partial charge in [-0.15, -0.1) is 0 Å². The number of carbonyl (C=O) groups excluding carboxylic acids is 1. The van der Waals surface area contributed by atoms with Crippen molar-refractivity contribution in [2.45, 2.75) is 70.0 Å². The maximum Gasteiger partial charge on any atom is 0.293 e. The van der Waals surface area contributed by atoms with Gasteiger partial charge in [-0.05, 0) is 51.3 Å². The second-order valence-electron chi connectivity index (χ2n) is 9.15. The average Bonchev–Trinajstić information content (AvgIpc) is 2.68. The Morgan fingerprint density at radius 1 is 1.17 bits per heavy atom. The van der Waals surface area contributed by atoms with Crippen LogP contribution in [0.5, 0.6) is 0 Å². The first-order valence-electron chi connectivity index (χ1n) is 10.8. The number of rotatable bonds is 5. The number of ether oxygens (including phenoxy) is 1. The van der Waals surface area contributed by atoms with Crippen LogP contribution in [0.2, 0.25) is 0 Å². The molecule has 0 spiro atoms. The zero-order chi connectivity index (χ0) is 21.3. The molecule has 2 N–H and O–H groups in total. The molecule has 29 heavy (non-hydrogen) atoms. The van der Waals surface area contributed by atoms with Crippen LogP contribution in [0.3, 0.4) is 0 Å². The molecule has 1 heterocycles. The quantitative estimate of drug-likeness (QED) is 0.637. The molecule has 1 unspecified atom stereocenters. The van der Waals surface area contributed by atoms with Gasteiger partial charge < -0.3 is 20.1 Å². The van der Waals surface area contributed by atoms with Crippen LogP contribution in [0.1, 0.15) is 64.4 Å². The highest BCUT2D eigenvalue weighted by Crippen LogP contribution is 2.40. The monoisotopic (exact) mass is 468 g/mol. The lowest BCUT2D eigenvalue weighted by atomic mass is 9.72. The van der Waals surface area contributed by atoms with Crippen molar-refractivity contribution in [3.8, 4) is 0 Å². The summed E-state index contributed by atoms with van der Waals surface area (Å²) in [4.78, 5) is 12.1. The topological polar surface area (TPSA) is 61.8 Å². The molecule has 1 aromatic rings. The smallest absolute Gasteiger partial charge is 0.293 e. The molecule has 164 valence electrons. The summed E-state index contributed by atoms with van der Waals surface area (Å²) in [6, 6.07) is 8.58. The minimum absolute atomic E-state index is 0.221. The summed E-state index contributed by atoms with van der Waals surface area (Å²) in [6.07, 6.45) is 5.47. The number of hydrogen-bond acceptors (Lipinski definition) is 5. The number of piperazine rings is 1. The lowest BCUT2D eigenvalue weighted by molar-refractivity contribution is -0.138. The molecular weight excluding hydrogens is 432 g/mol. The zero-order valence-corrected chi connectivity index (χ0v) is 19.7. The van der Waals surface area contributed by atoms with Gasteiger partial charge in [0.1, 0.15) is 5.60 Å². The van der Waals surface area contributed by atoms with Gasteiger partial charge >= 0.3 is 0 Å². The third kappa shape index (κ3) is 8.36. The summed E-state index contributed by atoms with van der Waals surface area (Å²) in [7, 11) is 0. The Labute approximate surface area is 184 Å². The van der Waals surface area contributed by atoms with Crippen LogP contribution >= 0.6 is 15.9 Å². The van der Waals surface area contributed by atoms with Gasteiger partial charge in [0, 0.05) is 43.1 Å². The average molecular weight is 469 g/mol. The van der Waals surface area contributed by atoms with E-state index in [1.807, 2.05) is 20.8 Å². The van der Waals surface area contributed by atoms with Crippen molar-refractivity contribution >= 4 is 22.4 Å². The Morgan fingerprint density at radius 3 is 2.24 bits per heavy atom. The van der Waals surface area contributed by atoms with Gasteiger partial charge in [0.05, 0.1) is 5.60 Å². The summed E-state index contributed by atoms with van der Waals surface area (Å²) in [6.45, 7) is 11.2. The summed E-state index contributed by atoms with van der Waals surface area (Å²) in [5, 5.41) is 14.7. The number of benzene rings is 1. The van der Waals surface area contributed by atoms with Gasteiger partial charge in [-0.3, -0.25) is 4.79 Å². The summed E-state index contributed by atoms with van der Waals surface area (Å²) in [5.74, 6) is 0.221. The predicted molar refractivity (Wildman–Crippen MR) is 121 cm³/mol. The van der Waals surface area contributed by atoms with Crippen LogP contribution < -0.4 is 5.32 Å². The molecule has 5 nitrogen and oxygen atoms in total. The molecule has 3 rings (SSSR count). The number of carbonyl (C=O) groups is 1. The van der Waals surface area contributed by atoms with E-state index in [9.17, 15) is 9.90 Å². The third-order valence-corrected chi connectivity index (χ3v) is 6.22. The van der Waals surface area contributed by atoms with Gasteiger partial charge in [-0.2, -0.15) is 0 Å². The molecule has 0 amide bonds. The fraction of sp³-hybridized carbons (Fsp3) is 0.696. The first kappa shape index (κ1) is 24.3. The van der Waals surface area contributed by atoms with Gasteiger partial charge in [0.15, 0.2) is 0 Å². The fourth-order valence-electron chi connectivity index (χ4n) is 4.09. The number of hydrogen-bond donors (Lipinski definition) is 2. The molecule has 1 saturated carbocycles. The molecular formula is C23H37BrN2O3. The molecule has 0 radical (unpaired) electrons. The number of aliphatic hydroxyl groups is 1. The minimum Gasteiger partial charge on any atom is -0.462 e. The van der Waals surface area contributed by atoms with Crippen molar-refractivity contribution in [3.63, 3.8) is 0 Å². The summed E-state index contributed by atoms with van der Waals surface area (Å²) in [5.41, 5.74) is 0.435. The number of halogens is 1. The molecule has 0 aromatic heterocycles. The minimum atomic E-state index is -0.531. The van der Waals surface area contributed by atoms with Crippen LogP contribution in [-0.4, -0.2) is 60.4 Å². The Kier molecular flexibility index (Phi) is 9.60. The van der Waals surface area contributed by atoms with E-state index in [2.05, 4.69) is 55.1 Å². The number of nitrogens with zero attached hydrogens (tertiary/aromatic N) is 1. The molecule has 2 fully saturated rings. The normalized spacial score (nSPS) is 20.9. The second kappa shape index (κ2) is 11.4. The predicted octanol–water partition coefficient (Wildman–Crippen LogP) is 4.09. The first-order valence-corrected chi connectivity index (χ1v) is 11.6. The van der Waals surface area contributed by atoms with E-state index in [4.69, 9.17) is 0 Å². The van der Waals surface area contributed by atoms with Gasteiger partial charge in [0.2, 0.25) is 0 Å². The Bertz CT molecular complexity index is 604. The molecule has 1 aliphatic heterocycles. The van der Waals surface area contributed by atoms with E-state index < -0.39 is 5.60 Å². The SMILES string of the molecule is CC(C)(C)OC=O.OC1(C(CN2CCNCC2)c2ccc(Br)cc2)CCCCC1. The van der Waals surface area contributed by atoms with Gasteiger partial charge in [0.25, 0.3) is 6.47 Å². The maximum absolute atomic E-state index is 11.3. The third-order valence-electron chi connectivity index (χ3n) is 5.69. The van der Waals surface area contributed by atoms with Crippen LogP contribution in [0, 0.1) is 0 Å². The first-order chi connectivity index (χ1) is 13.7. The molecule has 6 heteroatoms. The van der Waals surface area contributed by atoms with Crippen molar-refractivity contribution in [1.29, 1.82) is 0 Å². The Hall–Kier alpha value is -0.950. The van der Waals surface area contributed by atoms with Crippen LogP contribution in [0.25, 0.3) is 0 Å². The Morgan fingerprint density at radius 2 is 1.76 bits per heavy atom. The molecule has 2 aliphatic rings. The van der Waals surface area contributed by atoms with E-state index >= 15 is 0 Å². The standard InChI is InChI=1S/C18H27BrN2O.C5H10O2/c19-16-6-4-15(5-7-16)17(14-21-12-10-20-11-13-21)18(22)8-2-1-3-9-18;1-5(2,3)7-4-6/h4-7,17,20,22H,1-3,8-14H2;4H,1-3H3. The molecule has 1 aliphatic carbocycles. The highest BCUT2D eigenvalue weighted by atomic mass is 79.9. The van der Waals surface area contributed by atoms with E-state index in [1.54, 1.807) is 0 Å². The van der Waals surface area contributed by atoms with E-state index in [-0.39, 0.29) is 11.5 Å². The molecule has 1 atom stereocenters. The van der Waals surface area contributed by atoms with E-state index in [1.165, 1.54) is 12.0 Å². The molecule has 0 bridgehead atoms. The van der Waals surface area contributed by atoms with Crippen molar-refractivity contribution < 1.29 is 14.6 Å². The Balaban J connectivity index is 0.000000370. The maximum atomic E-state index is 11.3. The van der Waals surface area contributed by atoms with E-state index in [0.29, 0.717) is 6.47 Å². The zero-order valence-electron chi connectivity index (χ0n) is 18.1. The molecule has 1 aromatic carbocycles. The lowest BCUT2D eigenvalue weighted by Gasteiger charge is -2.42. The van der Waals surface area contributed by atoms with Crippen molar-refractivity contribution in [2.75, 3.05) is 32.7 Å². The van der Waals surface area contributed by atoms with Crippen molar-refractivity contribution in [1.82, 2.24) is 10.2 Å². The van der Waals surface area contributed by atoms with E-state index in [0.717, 1.165) is 62.9 Å². The van der Waals surface area contributed by atoms with Gasteiger partial charge in [-0.1, -0.05) is 47.3 Å². The highest BCUT2D eigenvalue weighted by Gasteiger charge is 2.39. The highest BCUT2D eigenvalue weighted by molar-refractivity contribution is 9.10. The summed E-state index contributed by atoms with van der Waals surface area (Å²) < 4.78 is 5.65. The summed E-state index contributed by atoms with van der Waals surface area (Å²) >= 11 is 3.52. The van der Waals surface area contributed by atoms with Gasteiger partial charge in [-0.25, -0.2) is 0 Å². The van der Waals surface area contributed by atoms with Crippen molar-refractivity contribution in [2.24, 2.45) is 0 Å². The molecule has 1 saturated heterocycles. The van der Waals surface area contributed by atoms with Crippen LogP contribution in [0.15, 0.2) is 28.7 Å². The largest absolute Gasteiger partial charge is 0.462 e. The second-order valence-corrected chi connectivity index (χ2v) is 10.1. The van der Waals surface area contributed by atoms with Crippen molar-refractivity contribution in [3.05, 3.63) is 34.3 Å². The van der Waals surface area contributed by atoms with Crippen LogP contribution in [0.4, 0.5) is 0 Å².